The van der Waals surface area contributed by atoms with Gasteiger partial charge < -0.3 is 0 Å². The van der Waals surface area contributed by atoms with E-state index in [9.17, 15) is 0 Å². The van der Waals surface area contributed by atoms with Crippen LogP contribution >= 0.6 is 0 Å². The van der Waals surface area contributed by atoms with Gasteiger partial charge in [0.25, 0.3) is 0 Å². The second-order valence-electron chi connectivity index (χ2n) is 1.16. The van der Waals surface area contributed by atoms with E-state index in [1.807, 2.05) is 0 Å². The SMILES string of the molecule is [SiH3]C1=CC=[O+]OO1. The molecular formula is C3H5O3Si+. The lowest BCUT2D eigenvalue weighted by molar-refractivity contribution is -0.843. The van der Waals surface area contributed by atoms with E-state index in [0.717, 1.165) is 15.6 Å². The van der Waals surface area contributed by atoms with Gasteiger partial charge in [0.15, 0.2) is 0 Å². The van der Waals surface area contributed by atoms with E-state index in [2.05, 4.69) is 14.5 Å². The average molecular weight is 117 g/mol. The molecule has 0 radical (unpaired) electrons. The number of aldehydes is 1. The Kier molecular flexibility index (Phi) is 1.12. The Morgan fingerprint density at radius 1 is 1.71 bits per heavy atom. The van der Waals surface area contributed by atoms with Crippen LogP contribution in [0.4, 0.5) is 0 Å². The maximum atomic E-state index is 4.45. The molecule has 0 saturated heterocycles. The summed E-state index contributed by atoms with van der Waals surface area (Å²) in [6, 6.07) is 0. The third-order valence-electron chi connectivity index (χ3n) is 0.563. The van der Waals surface area contributed by atoms with Crippen molar-refractivity contribution in [2.75, 3.05) is 0 Å². The third kappa shape index (κ3) is 1.04. The van der Waals surface area contributed by atoms with Crippen LogP contribution in [0, 0.1) is 0 Å². The van der Waals surface area contributed by atoms with Gasteiger partial charge in [0.05, 0.1) is 20.9 Å². The molecule has 0 fully saturated rings. The first-order valence-corrected chi connectivity index (χ1v) is 2.90. The van der Waals surface area contributed by atoms with Gasteiger partial charge in [0, 0.05) is 0 Å². The first kappa shape index (κ1) is 4.39. The fourth-order valence-corrected chi connectivity index (χ4v) is 0.451. The molecule has 0 aromatic carbocycles. The van der Waals surface area contributed by atoms with Crippen molar-refractivity contribution in [3.05, 3.63) is 11.5 Å². The topological polar surface area (TPSA) is 29.8 Å². The first-order valence-electron chi connectivity index (χ1n) is 1.90. The standard InChI is InChI=1S/C3H5O3Si/c7-3-1-2-4-6-5-3/h1-2H,7H3/q+1. The highest BCUT2D eigenvalue weighted by Crippen LogP contribution is 1.91. The van der Waals surface area contributed by atoms with E-state index in [4.69, 9.17) is 0 Å². The van der Waals surface area contributed by atoms with Gasteiger partial charge in [0.1, 0.15) is 10.4 Å². The lowest BCUT2D eigenvalue weighted by atomic mass is 10.7. The van der Waals surface area contributed by atoms with Crippen molar-refractivity contribution in [1.82, 2.24) is 0 Å². The van der Waals surface area contributed by atoms with Crippen molar-refractivity contribution >= 4 is 16.5 Å². The Bertz CT molecular complexity index is 117. The van der Waals surface area contributed by atoms with Crippen molar-refractivity contribution in [2.24, 2.45) is 0 Å². The molecule has 1 rings (SSSR count). The molecule has 0 saturated carbocycles. The van der Waals surface area contributed by atoms with E-state index >= 15 is 0 Å². The van der Waals surface area contributed by atoms with Crippen molar-refractivity contribution in [2.45, 2.75) is 0 Å². The summed E-state index contributed by atoms with van der Waals surface area (Å²) in [6.07, 6.45) is 3.15. The van der Waals surface area contributed by atoms with E-state index in [0.29, 0.717) is 0 Å². The summed E-state index contributed by atoms with van der Waals surface area (Å²) in [4.78, 5) is 4.45. The number of hydrogen-bond acceptors (Lipinski definition) is 2. The Labute approximate surface area is 43.5 Å². The first-order chi connectivity index (χ1) is 3.39. The highest BCUT2D eigenvalue weighted by atomic mass is 28.1. The van der Waals surface area contributed by atoms with E-state index < -0.39 is 0 Å². The van der Waals surface area contributed by atoms with Crippen LogP contribution in [-0.2, 0) is 14.5 Å². The Balaban J connectivity index is 2.57. The van der Waals surface area contributed by atoms with Gasteiger partial charge in [-0.3, -0.25) is 0 Å². The molecule has 0 amide bonds. The normalized spacial score (nSPS) is 17.4. The third-order valence-corrected chi connectivity index (χ3v) is 1.06. The lowest BCUT2D eigenvalue weighted by Gasteiger charge is -1.88. The van der Waals surface area contributed by atoms with Crippen LogP contribution in [0.5, 0.6) is 0 Å². The molecule has 7 heavy (non-hydrogen) atoms. The number of hydrogen-bond donors (Lipinski definition) is 0. The molecule has 4 heteroatoms. The maximum absolute atomic E-state index is 4.45. The van der Waals surface area contributed by atoms with Crippen molar-refractivity contribution in [1.29, 1.82) is 0 Å². The molecule has 38 valence electrons. The summed E-state index contributed by atoms with van der Waals surface area (Å²) in [5, 5.41) is 4.92. The molecule has 0 aromatic heterocycles. The Morgan fingerprint density at radius 3 is 2.86 bits per heavy atom. The molecule has 0 aromatic rings. The van der Waals surface area contributed by atoms with Gasteiger partial charge in [-0.2, -0.15) is 0 Å². The van der Waals surface area contributed by atoms with Crippen molar-refractivity contribution in [3.8, 4) is 0 Å². The molecule has 1 aliphatic rings. The number of allylic oxidation sites excluding steroid dienone is 1. The minimum atomic E-state index is 0.825. The van der Waals surface area contributed by atoms with E-state index in [-0.39, 0.29) is 0 Å². The van der Waals surface area contributed by atoms with Crippen LogP contribution < -0.4 is 0 Å². The van der Waals surface area contributed by atoms with E-state index in [1.54, 1.807) is 6.08 Å². The van der Waals surface area contributed by atoms with Crippen LogP contribution in [0.15, 0.2) is 11.5 Å². The molecule has 1 heterocycles. The highest BCUT2D eigenvalue weighted by Gasteiger charge is 2.02. The van der Waals surface area contributed by atoms with E-state index in [1.165, 1.54) is 6.29 Å². The highest BCUT2D eigenvalue weighted by molar-refractivity contribution is 6.21. The zero-order chi connectivity index (χ0) is 5.11. The monoisotopic (exact) mass is 117 g/mol. The van der Waals surface area contributed by atoms with Gasteiger partial charge in [0.2, 0.25) is 0 Å². The van der Waals surface area contributed by atoms with Crippen LogP contribution in [0.2, 0.25) is 0 Å². The second-order valence-corrected chi connectivity index (χ2v) is 2.15. The summed E-state index contributed by atoms with van der Waals surface area (Å²) in [5.41, 5.74) is 0. The predicted molar refractivity (Wildman–Crippen MR) is 26.3 cm³/mol. The summed E-state index contributed by atoms with van der Waals surface area (Å²) in [5.74, 6) is 0. The number of rotatable bonds is 0. The van der Waals surface area contributed by atoms with Gasteiger partial charge in [-0.25, -0.2) is 4.89 Å². The molecule has 0 unspecified atom stereocenters. The summed E-state index contributed by atoms with van der Waals surface area (Å²) in [7, 11) is 0.853. The molecular weight excluding hydrogens is 112 g/mol. The summed E-state index contributed by atoms with van der Waals surface area (Å²) in [6.45, 7) is 0. The minimum absolute atomic E-state index is 0.825. The quantitative estimate of drug-likeness (QED) is 0.173. The molecule has 1 aliphatic heterocycles. The lowest BCUT2D eigenvalue weighted by Crippen LogP contribution is -1.98. The fraction of sp³-hybridized carbons (Fsp3) is 0. The van der Waals surface area contributed by atoms with Crippen LogP contribution in [0.3, 0.4) is 0 Å². The van der Waals surface area contributed by atoms with Crippen LogP contribution in [0.1, 0.15) is 0 Å². The van der Waals surface area contributed by atoms with Crippen molar-refractivity contribution < 1.29 is 14.5 Å². The molecule has 0 atom stereocenters. The molecule has 0 bridgehead atoms. The van der Waals surface area contributed by atoms with Gasteiger partial charge in [-0.1, -0.05) is 0 Å². The maximum Gasteiger partial charge on any atom is 0.406 e. The fourth-order valence-electron chi connectivity index (χ4n) is 0.247. The Hall–Kier alpha value is -0.773. The van der Waals surface area contributed by atoms with Crippen LogP contribution in [0.25, 0.3) is 0 Å². The Morgan fingerprint density at radius 2 is 2.57 bits per heavy atom. The average Bonchev–Trinajstić information content (AvgIpc) is 1.69. The smallest absolute Gasteiger partial charge is 0.222 e. The van der Waals surface area contributed by atoms with Gasteiger partial charge >= 0.3 is 6.29 Å². The second kappa shape index (κ2) is 1.79. The largest absolute Gasteiger partial charge is 0.406 e. The van der Waals surface area contributed by atoms with Gasteiger partial charge in [-0.15, -0.1) is 0 Å². The summed E-state index contributed by atoms with van der Waals surface area (Å²) >= 11 is 0. The molecule has 0 aliphatic carbocycles. The van der Waals surface area contributed by atoms with Crippen LogP contribution in [-0.4, -0.2) is 16.5 Å². The minimum Gasteiger partial charge on any atom is -0.222 e. The predicted octanol–water partition coefficient (Wildman–Crippen LogP) is -1.20. The molecule has 0 spiro atoms. The van der Waals surface area contributed by atoms with Gasteiger partial charge in [-0.05, 0) is 0 Å². The summed E-state index contributed by atoms with van der Waals surface area (Å²) < 4.78 is 4.24. The number of carbonyl (C=O) groups excluding carboxylic acids is 1. The molecule has 3 nitrogen and oxygen atoms in total. The zero-order valence-electron chi connectivity index (χ0n) is 3.88. The van der Waals surface area contributed by atoms with Crippen molar-refractivity contribution in [3.63, 3.8) is 0 Å². The zero-order valence-corrected chi connectivity index (χ0v) is 5.88. The molecule has 0 N–H and O–H groups in total.